The third-order valence-corrected chi connectivity index (χ3v) is 24.1. The average Bonchev–Trinajstić information content (AvgIpc) is 1.75. The number of Topliss-reactive ketones (excluding diaryl/α,β-unsaturated/α-hetero) is 8. The number of aliphatic carboxylic acids is 3. The number of aliphatic hydroxyl groups excluding tert-OH is 4. The molecular formula is C93H131N9O30S. The maximum absolute atomic E-state index is 14.9. The largest absolute Gasteiger partial charge is 0.508 e. The molecule has 0 spiro atoms. The normalized spacial score (nSPS) is 16.2. The van der Waals surface area contributed by atoms with E-state index in [0.717, 1.165) is 30.5 Å². The van der Waals surface area contributed by atoms with Gasteiger partial charge in [-0.1, -0.05) is 95.1 Å². The van der Waals surface area contributed by atoms with Gasteiger partial charge in [-0.15, -0.1) is 11.8 Å². The number of nitrogens with one attached hydrogen (secondary N) is 7. The van der Waals surface area contributed by atoms with Gasteiger partial charge in [0, 0.05) is 89.3 Å². The van der Waals surface area contributed by atoms with Gasteiger partial charge in [0.15, 0.2) is 34.7 Å². The molecule has 1 aliphatic rings. The number of imide groups is 1. The summed E-state index contributed by atoms with van der Waals surface area (Å²) in [5, 5.41) is 111. The molecule has 3 aromatic rings. The second-order valence-electron chi connectivity index (χ2n) is 34.5. The van der Waals surface area contributed by atoms with Gasteiger partial charge in [-0.2, -0.15) is 0 Å². The molecule has 1 heterocycles. The number of ketones is 8. The summed E-state index contributed by atoms with van der Waals surface area (Å²) in [5.41, 5.74) is 6.76. The Morgan fingerprint density at radius 1 is 0.466 bits per heavy atom. The number of carboxylic acid groups (broad SMARTS) is 3. The Labute approximate surface area is 775 Å². The summed E-state index contributed by atoms with van der Waals surface area (Å²) >= 11 is 0.923. The van der Waals surface area contributed by atoms with Crippen molar-refractivity contribution in [3.8, 4) is 11.5 Å². The molecule has 1 saturated heterocycles. The van der Waals surface area contributed by atoms with E-state index in [1.54, 1.807) is 65.0 Å². The minimum absolute atomic E-state index is 0.0100. The number of aromatic hydroxyl groups is 2. The lowest BCUT2D eigenvalue weighted by molar-refractivity contribution is -0.143. The number of aliphatic hydroxyl groups is 4. The number of carbonyl (C=O) groups is 20. The number of carboxylic acids is 3. The van der Waals surface area contributed by atoms with Crippen molar-refractivity contribution in [2.75, 3.05) is 51.5 Å². The summed E-state index contributed by atoms with van der Waals surface area (Å²) in [4.78, 5) is 273. The summed E-state index contributed by atoms with van der Waals surface area (Å²) < 4.78 is 5.00. The van der Waals surface area contributed by atoms with Crippen LogP contribution < -0.4 is 43.0 Å². The van der Waals surface area contributed by atoms with E-state index < -0.39 is 304 Å². The molecule has 0 radical (unpaired) electrons. The van der Waals surface area contributed by atoms with Crippen LogP contribution in [0.15, 0.2) is 78.9 Å². The first kappa shape index (κ1) is 114. The predicted molar refractivity (Wildman–Crippen MR) is 480 cm³/mol. The number of nitrogens with two attached hydrogens (primary N) is 1. The first-order valence-corrected chi connectivity index (χ1v) is 45.7. The zero-order valence-electron chi connectivity index (χ0n) is 76.4. The van der Waals surface area contributed by atoms with Gasteiger partial charge in [0.2, 0.25) is 47.3 Å². The van der Waals surface area contributed by atoms with Gasteiger partial charge < -0.3 is 93.6 Å². The number of hydrogen-bond acceptors (Lipinski definition) is 29. The quantitative estimate of drug-likeness (QED) is 0.0283. The van der Waals surface area contributed by atoms with Crippen LogP contribution in [0.3, 0.4) is 0 Å². The molecule has 3 aromatic carbocycles. The third kappa shape index (κ3) is 40.9. The number of amides is 9. The van der Waals surface area contributed by atoms with Crippen LogP contribution in [0.4, 0.5) is 0 Å². The van der Waals surface area contributed by atoms with Crippen molar-refractivity contribution in [2.24, 2.45) is 59.0 Å². The van der Waals surface area contributed by atoms with E-state index in [-0.39, 0.29) is 98.2 Å². The highest BCUT2D eigenvalue weighted by Gasteiger charge is 2.42. The molecule has 18 N–H and O–H groups in total. The van der Waals surface area contributed by atoms with Crippen LogP contribution in [-0.2, 0) is 120 Å². The number of ether oxygens (including phenoxy) is 1. The highest BCUT2D eigenvalue weighted by Crippen LogP contribution is 2.27. The predicted octanol–water partition coefficient (Wildman–Crippen LogP) is 1.84. The number of carbonyl (C=O) groups excluding carboxylic acids is 17. The van der Waals surface area contributed by atoms with Crippen LogP contribution in [-0.4, -0.2) is 274 Å². The molecule has 17 atom stereocenters. The van der Waals surface area contributed by atoms with Gasteiger partial charge in [0.1, 0.15) is 35.2 Å². The monoisotopic (exact) mass is 1890 g/mol. The van der Waals surface area contributed by atoms with Crippen molar-refractivity contribution in [3.05, 3.63) is 95.6 Å². The van der Waals surface area contributed by atoms with Gasteiger partial charge in [-0.3, -0.25) is 101 Å². The molecule has 9 amide bonds. The van der Waals surface area contributed by atoms with E-state index in [2.05, 4.69) is 37.2 Å². The number of phenols is 2. The maximum Gasteiger partial charge on any atom is 0.304 e. The Balaban J connectivity index is 1.52. The van der Waals surface area contributed by atoms with Crippen LogP contribution in [0, 0.1) is 53.3 Å². The van der Waals surface area contributed by atoms with Crippen molar-refractivity contribution < 1.29 is 147 Å². The Hall–Kier alpha value is -11.4. The van der Waals surface area contributed by atoms with E-state index in [1.165, 1.54) is 55.6 Å². The second kappa shape index (κ2) is 58.6. The van der Waals surface area contributed by atoms with E-state index in [1.807, 2.05) is 0 Å². The van der Waals surface area contributed by atoms with Gasteiger partial charge in [-0.05, 0) is 131 Å². The molecule has 39 nitrogen and oxygen atoms in total. The zero-order valence-corrected chi connectivity index (χ0v) is 77.3. The number of likely N-dealkylation sites (tertiary alicyclic amines) is 1. The Kier molecular flexibility index (Phi) is 50.1. The topological polar surface area (TPSA) is 646 Å². The number of hydrogen-bond donors (Lipinski definition) is 17. The third-order valence-electron chi connectivity index (χ3n) is 23.0. The molecule has 1 fully saturated rings. The molecule has 0 bridgehead atoms. The van der Waals surface area contributed by atoms with Crippen LogP contribution in [0.2, 0.25) is 0 Å². The zero-order chi connectivity index (χ0) is 99.5. The smallest absolute Gasteiger partial charge is 0.304 e. The fourth-order valence-corrected chi connectivity index (χ4v) is 15.9. The van der Waals surface area contributed by atoms with Crippen LogP contribution in [0.5, 0.6) is 11.5 Å². The minimum Gasteiger partial charge on any atom is -0.508 e. The first-order chi connectivity index (χ1) is 62.8. The number of benzene rings is 3. The van der Waals surface area contributed by atoms with Gasteiger partial charge in [0.25, 0.3) is 5.91 Å². The molecular weight excluding hydrogens is 1760 g/mol. The Morgan fingerprint density at radius 2 is 0.940 bits per heavy atom. The van der Waals surface area contributed by atoms with Crippen LogP contribution in [0.25, 0.3) is 0 Å². The molecule has 734 valence electrons. The van der Waals surface area contributed by atoms with Gasteiger partial charge in [0.05, 0.1) is 116 Å². The molecule has 4 rings (SSSR count). The Bertz CT molecular complexity index is 4470. The van der Waals surface area contributed by atoms with Crippen molar-refractivity contribution in [1.29, 1.82) is 0 Å². The first-order valence-electron chi connectivity index (χ1n) is 44.6. The number of unbranched alkanes of at least 4 members (excludes halogenated alkanes) is 1. The van der Waals surface area contributed by atoms with Crippen molar-refractivity contribution in [1.82, 2.24) is 42.1 Å². The molecule has 133 heavy (non-hydrogen) atoms. The molecule has 0 aliphatic carbocycles. The highest BCUT2D eigenvalue weighted by molar-refractivity contribution is 8.00. The lowest BCUT2D eigenvalue weighted by Crippen LogP contribution is -2.52. The van der Waals surface area contributed by atoms with Gasteiger partial charge in [-0.25, -0.2) is 0 Å². The van der Waals surface area contributed by atoms with Crippen molar-refractivity contribution in [2.45, 2.75) is 244 Å². The molecule has 0 unspecified atom stereocenters. The number of thioether (sulfide) groups is 1. The molecule has 0 aromatic heterocycles. The lowest BCUT2D eigenvalue weighted by Gasteiger charge is -2.28. The van der Waals surface area contributed by atoms with Crippen molar-refractivity contribution in [3.63, 3.8) is 0 Å². The molecule has 40 heteroatoms. The van der Waals surface area contributed by atoms with Crippen LogP contribution in [0.1, 0.15) is 187 Å². The second-order valence-corrected chi connectivity index (χ2v) is 35.5. The lowest BCUT2D eigenvalue weighted by atomic mass is 9.85. The summed E-state index contributed by atoms with van der Waals surface area (Å²) in [5.74, 6) is -31.3. The molecule has 1 aliphatic heterocycles. The highest BCUT2D eigenvalue weighted by atomic mass is 32.2. The summed E-state index contributed by atoms with van der Waals surface area (Å²) in [6, 6.07) is 10.3. The molecule has 0 saturated carbocycles. The van der Waals surface area contributed by atoms with E-state index >= 15 is 0 Å². The summed E-state index contributed by atoms with van der Waals surface area (Å²) in [7, 11) is 1.30. The SMILES string of the molecule is CC[C@H](C)[C@H](NC(=O)[C@H](CO)CC(=O)[C@H](Cc1ccc(O)cc1)NC(=O)[C@H](CC(=O)O)CC(=O)[C@H](CO)NC(=O)[C@@H](CC(=O)[C@H](Cc1ccccc1)NC(=O)[C@@H](CC(=O)CNC(=O)[C@H](CCC(=O)O)CC(=O)CSCC(=O)CCCN1C(=O)C[C@H](OC)C1=O)[C@@H](C)O)[C@@H](C)O)C(=O)C[C@@H](Cc1ccc(O)cc1)C(=O)N[C@@H](CC(C)C)C(=O)C[C@@H](CC(=O)O)C(=O)N[C@H](C)CCCCN. The minimum atomic E-state index is -2.00. The fourth-order valence-electron chi connectivity index (χ4n) is 15.1. The van der Waals surface area contributed by atoms with E-state index in [9.17, 15) is 142 Å². The van der Waals surface area contributed by atoms with Crippen molar-refractivity contribution >= 4 is 129 Å². The van der Waals surface area contributed by atoms with E-state index in [0.29, 0.717) is 36.9 Å². The van der Waals surface area contributed by atoms with E-state index in [4.69, 9.17) is 10.5 Å². The number of nitrogens with zero attached hydrogens (tertiary/aromatic N) is 1. The number of rotatable bonds is 68. The number of phenolic OH excluding ortho intramolecular Hbond substituents is 2. The van der Waals surface area contributed by atoms with Crippen LogP contribution >= 0.6 is 11.8 Å². The Morgan fingerprint density at radius 3 is 1.45 bits per heavy atom. The summed E-state index contributed by atoms with van der Waals surface area (Å²) in [6.45, 7) is 8.09. The standard InChI is InChI=1S/C93H131N9O30S/c1-9-52(4)85(79(116)39-60(33-57-20-25-64(107)26-21-57)88(126)97-71(32-51(2)3)75(112)37-61(41-83(120)121)87(125)96-53(5)16-13-14-30-94)101-90(128)63(47-103)40-76(113)72(35-58-22-27-65(108)28-23-58)98-89(127)62(42-84(122)123)38-77(114)74(48-104)100-92(130)70(55(7)106)44-78(115)73(34-56-17-11-10-12-18-56)99-91(129)69(54(6)105)43-67(110)46-95-86(124)59(24-29-82(118)119)36-68(111)50-133-49-66(109)19-15-31-102-81(117)45-80(132-8)93(102)131/h10-12,17-18,20-23,25-28,51-55,59-63,69-74,80,85,103-108H,9,13-16,19,24,29-50,94H2,1-8H3,(H,95,124)(H,96,125)(H,97,126)(H,98,127)(H,99,129)(H,100,130)(H,101,128)(H,118,119)(H,120,121)(H,122,123)/t52-,53+,54+,55+,59+,60+,61-,62-,63-,69-,70-,71-,72-,73-,74-,80-,85-/m0/s1. The maximum atomic E-state index is 14.9. The number of methoxy groups -OCH3 is 1. The summed E-state index contributed by atoms with van der Waals surface area (Å²) in [6.07, 6.45) is -11.2. The van der Waals surface area contributed by atoms with Gasteiger partial charge >= 0.3 is 17.9 Å². The fraction of sp³-hybridized carbons (Fsp3) is 0.591. The average molecular weight is 1890 g/mol.